The molecular weight excluding hydrogens is 354 g/mol. The number of fused-ring (bicyclic) bond motifs is 1. The van der Waals surface area contributed by atoms with Gasteiger partial charge in [-0.25, -0.2) is 13.4 Å². The number of anilines is 1. The summed E-state index contributed by atoms with van der Waals surface area (Å²) in [5.41, 5.74) is -0.324. The fraction of sp³-hybridized carbons (Fsp3) is 0.0667. The van der Waals surface area contributed by atoms with Gasteiger partial charge in [0, 0.05) is 12.6 Å². The number of pyridine rings is 1. The highest BCUT2D eigenvalue weighted by atomic mass is 35.5. The standard InChI is InChI=1S/C15H12ClN3O4S/c1-19-13(15(21)18-12-8-4-7-11(16)17-12)14(20)9-5-2-3-6-10(9)24(19,22)23/h2-8,20H,1H3,(H,17,18,21). The summed E-state index contributed by atoms with van der Waals surface area (Å²) in [6.07, 6.45) is 0. The smallest absolute Gasteiger partial charge is 0.277 e. The van der Waals surface area contributed by atoms with Crippen molar-refractivity contribution in [2.45, 2.75) is 4.90 Å². The number of aliphatic hydroxyl groups is 1. The number of carbonyl (C=O) groups is 1. The lowest BCUT2D eigenvalue weighted by atomic mass is 10.1. The van der Waals surface area contributed by atoms with Crippen LogP contribution in [0, 0.1) is 0 Å². The van der Waals surface area contributed by atoms with Gasteiger partial charge in [-0.1, -0.05) is 29.8 Å². The first-order chi connectivity index (χ1) is 11.3. The lowest BCUT2D eigenvalue weighted by Gasteiger charge is -2.28. The normalized spacial score (nSPS) is 15.8. The van der Waals surface area contributed by atoms with E-state index in [-0.39, 0.29) is 21.4 Å². The minimum Gasteiger partial charge on any atom is -0.505 e. The summed E-state index contributed by atoms with van der Waals surface area (Å²) in [6.45, 7) is 0. The zero-order chi connectivity index (χ0) is 17.5. The van der Waals surface area contributed by atoms with Crippen molar-refractivity contribution in [3.63, 3.8) is 0 Å². The van der Waals surface area contributed by atoms with Crippen molar-refractivity contribution in [1.82, 2.24) is 9.29 Å². The third-order valence-electron chi connectivity index (χ3n) is 3.49. The number of hydrogen-bond donors (Lipinski definition) is 2. The summed E-state index contributed by atoms with van der Waals surface area (Å²) in [7, 11) is -2.74. The van der Waals surface area contributed by atoms with Gasteiger partial charge in [-0.2, -0.15) is 0 Å². The van der Waals surface area contributed by atoms with Gasteiger partial charge in [-0.05, 0) is 24.3 Å². The van der Waals surface area contributed by atoms with Gasteiger partial charge in [-0.3, -0.25) is 9.10 Å². The minimum absolute atomic E-state index is 0.0672. The third-order valence-corrected chi connectivity index (χ3v) is 5.52. The Morgan fingerprint density at radius 2 is 1.92 bits per heavy atom. The molecule has 0 aliphatic carbocycles. The summed E-state index contributed by atoms with van der Waals surface area (Å²) in [4.78, 5) is 16.3. The fourth-order valence-electron chi connectivity index (χ4n) is 2.34. The molecule has 1 aliphatic rings. The third kappa shape index (κ3) is 2.59. The first-order valence-corrected chi connectivity index (χ1v) is 8.59. The second-order valence-corrected chi connectivity index (χ2v) is 7.29. The van der Waals surface area contributed by atoms with Crippen LogP contribution in [-0.4, -0.2) is 35.8 Å². The number of sulfonamides is 1. The number of hydrogen-bond acceptors (Lipinski definition) is 5. The SMILES string of the molecule is CN1C(C(=O)Nc2cccc(Cl)n2)=C(O)c2ccccc2S1(=O)=O. The van der Waals surface area contributed by atoms with Gasteiger partial charge in [0.2, 0.25) is 0 Å². The number of benzene rings is 1. The summed E-state index contributed by atoms with van der Waals surface area (Å²) >= 11 is 5.75. The van der Waals surface area contributed by atoms with E-state index < -0.39 is 27.4 Å². The molecular formula is C15H12ClN3O4S. The molecule has 0 fully saturated rings. The maximum Gasteiger partial charge on any atom is 0.277 e. The monoisotopic (exact) mass is 365 g/mol. The molecule has 124 valence electrons. The average Bonchev–Trinajstić information content (AvgIpc) is 2.53. The zero-order valence-corrected chi connectivity index (χ0v) is 14.0. The van der Waals surface area contributed by atoms with Crippen LogP contribution < -0.4 is 5.32 Å². The van der Waals surface area contributed by atoms with Gasteiger partial charge in [0.1, 0.15) is 11.0 Å². The molecule has 0 atom stereocenters. The summed E-state index contributed by atoms with van der Waals surface area (Å²) < 4.78 is 25.8. The Morgan fingerprint density at radius 3 is 2.62 bits per heavy atom. The van der Waals surface area contributed by atoms with E-state index in [1.54, 1.807) is 18.2 Å². The Labute approximate surface area is 143 Å². The van der Waals surface area contributed by atoms with Crippen LogP contribution in [0.15, 0.2) is 53.1 Å². The van der Waals surface area contributed by atoms with Crippen molar-refractivity contribution in [3.05, 3.63) is 58.9 Å². The highest BCUT2D eigenvalue weighted by Gasteiger charge is 2.37. The largest absolute Gasteiger partial charge is 0.505 e. The van der Waals surface area contributed by atoms with E-state index in [4.69, 9.17) is 11.6 Å². The zero-order valence-electron chi connectivity index (χ0n) is 12.4. The first kappa shape index (κ1) is 16.3. The molecule has 1 aromatic carbocycles. The van der Waals surface area contributed by atoms with Crippen LogP contribution in [0.3, 0.4) is 0 Å². The molecule has 0 radical (unpaired) electrons. The Bertz CT molecular complexity index is 972. The first-order valence-electron chi connectivity index (χ1n) is 6.78. The number of halogens is 1. The van der Waals surface area contributed by atoms with Crippen LogP contribution in [0.2, 0.25) is 5.15 Å². The Kier molecular flexibility index (Phi) is 3.94. The van der Waals surface area contributed by atoms with Gasteiger partial charge in [0.15, 0.2) is 11.5 Å². The predicted molar refractivity (Wildman–Crippen MR) is 88.8 cm³/mol. The van der Waals surface area contributed by atoms with Gasteiger partial charge in [-0.15, -0.1) is 0 Å². The van der Waals surface area contributed by atoms with E-state index in [1.165, 1.54) is 31.3 Å². The Balaban J connectivity index is 2.08. The van der Waals surface area contributed by atoms with E-state index >= 15 is 0 Å². The summed E-state index contributed by atoms with van der Waals surface area (Å²) in [6, 6.07) is 10.5. The Morgan fingerprint density at radius 1 is 1.21 bits per heavy atom. The maximum absolute atomic E-state index is 12.5. The molecule has 0 unspecified atom stereocenters. The minimum atomic E-state index is -3.94. The highest BCUT2D eigenvalue weighted by Crippen LogP contribution is 2.34. The maximum atomic E-state index is 12.5. The molecule has 0 saturated carbocycles. The number of nitrogens with one attached hydrogen (secondary N) is 1. The number of amides is 1. The van der Waals surface area contributed by atoms with Crippen LogP contribution >= 0.6 is 11.6 Å². The van der Waals surface area contributed by atoms with E-state index in [0.717, 1.165) is 4.31 Å². The molecule has 1 aromatic heterocycles. The molecule has 2 N–H and O–H groups in total. The fourth-order valence-corrected chi connectivity index (χ4v) is 3.90. The topological polar surface area (TPSA) is 99.6 Å². The summed E-state index contributed by atoms with van der Waals surface area (Å²) in [5.74, 6) is -1.11. The lowest BCUT2D eigenvalue weighted by molar-refractivity contribution is -0.113. The van der Waals surface area contributed by atoms with Crippen LogP contribution in [0.5, 0.6) is 0 Å². The molecule has 2 heterocycles. The predicted octanol–water partition coefficient (Wildman–Crippen LogP) is 2.23. The lowest BCUT2D eigenvalue weighted by Crippen LogP contribution is -2.37. The highest BCUT2D eigenvalue weighted by molar-refractivity contribution is 7.89. The molecule has 7 nitrogen and oxygen atoms in total. The summed E-state index contributed by atoms with van der Waals surface area (Å²) in [5, 5.41) is 13.0. The van der Waals surface area contributed by atoms with E-state index in [0.29, 0.717) is 0 Å². The number of likely N-dealkylation sites (N-methyl/N-ethyl adjacent to an activating group) is 1. The van der Waals surface area contributed by atoms with Crippen LogP contribution in [0.1, 0.15) is 5.56 Å². The average molecular weight is 366 g/mol. The quantitative estimate of drug-likeness (QED) is 0.795. The molecule has 0 saturated heterocycles. The molecule has 9 heteroatoms. The number of carbonyl (C=O) groups excluding carboxylic acids is 1. The van der Waals surface area contributed by atoms with Crippen molar-refractivity contribution < 1.29 is 18.3 Å². The van der Waals surface area contributed by atoms with Crippen molar-refractivity contribution in [2.24, 2.45) is 0 Å². The second-order valence-electron chi connectivity index (χ2n) is 4.97. The molecule has 1 amide bonds. The molecule has 0 bridgehead atoms. The molecule has 3 rings (SSSR count). The molecule has 24 heavy (non-hydrogen) atoms. The van der Waals surface area contributed by atoms with Gasteiger partial charge >= 0.3 is 0 Å². The van der Waals surface area contributed by atoms with Crippen molar-refractivity contribution >= 4 is 39.1 Å². The number of nitrogens with zero attached hydrogens (tertiary/aromatic N) is 2. The van der Waals surface area contributed by atoms with E-state index in [1.807, 2.05) is 0 Å². The molecule has 1 aliphatic heterocycles. The number of rotatable bonds is 2. The van der Waals surface area contributed by atoms with E-state index in [2.05, 4.69) is 10.3 Å². The van der Waals surface area contributed by atoms with Gasteiger partial charge in [0.25, 0.3) is 15.9 Å². The number of aromatic nitrogens is 1. The van der Waals surface area contributed by atoms with E-state index in [9.17, 15) is 18.3 Å². The van der Waals surface area contributed by atoms with Crippen molar-refractivity contribution in [2.75, 3.05) is 12.4 Å². The molecule has 0 spiro atoms. The van der Waals surface area contributed by atoms with Crippen LogP contribution in [0.25, 0.3) is 5.76 Å². The van der Waals surface area contributed by atoms with Crippen molar-refractivity contribution in [3.8, 4) is 0 Å². The second kappa shape index (κ2) is 5.81. The number of aliphatic hydroxyl groups excluding tert-OH is 1. The van der Waals surface area contributed by atoms with Gasteiger partial charge < -0.3 is 10.4 Å². The van der Waals surface area contributed by atoms with Crippen molar-refractivity contribution in [1.29, 1.82) is 0 Å². The Hall–Kier alpha value is -2.58. The van der Waals surface area contributed by atoms with Gasteiger partial charge in [0.05, 0.1) is 4.90 Å². The van der Waals surface area contributed by atoms with Crippen LogP contribution in [0.4, 0.5) is 5.82 Å². The molecule has 2 aromatic rings. The van der Waals surface area contributed by atoms with Crippen LogP contribution in [-0.2, 0) is 14.8 Å².